The van der Waals surface area contributed by atoms with Crippen molar-refractivity contribution in [3.63, 3.8) is 0 Å². The second-order valence-corrected chi connectivity index (χ2v) is 5.34. The van der Waals surface area contributed by atoms with Crippen molar-refractivity contribution in [1.82, 2.24) is 5.32 Å². The molecule has 0 aliphatic carbocycles. The SMILES string of the molecule is Clc1ccc(C2NCCOc3ccc(Cl)cc32)cc1. The Labute approximate surface area is 122 Å². The van der Waals surface area contributed by atoms with E-state index >= 15 is 0 Å². The van der Waals surface area contributed by atoms with E-state index in [0.717, 1.165) is 28.4 Å². The Bertz CT molecular complexity index is 583. The molecule has 0 saturated heterocycles. The van der Waals surface area contributed by atoms with Crippen molar-refractivity contribution in [2.24, 2.45) is 0 Å². The van der Waals surface area contributed by atoms with Gasteiger partial charge < -0.3 is 10.1 Å². The first-order valence-corrected chi connectivity index (χ1v) is 6.91. The van der Waals surface area contributed by atoms with Gasteiger partial charge in [-0.25, -0.2) is 0 Å². The monoisotopic (exact) mass is 293 g/mol. The number of halogens is 2. The van der Waals surface area contributed by atoms with Gasteiger partial charge in [-0.1, -0.05) is 35.3 Å². The Morgan fingerprint density at radius 1 is 1.00 bits per heavy atom. The topological polar surface area (TPSA) is 21.3 Å². The van der Waals surface area contributed by atoms with E-state index in [2.05, 4.69) is 5.32 Å². The average molecular weight is 294 g/mol. The number of benzene rings is 2. The van der Waals surface area contributed by atoms with Crippen LogP contribution in [-0.4, -0.2) is 13.2 Å². The van der Waals surface area contributed by atoms with Gasteiger partial charge in [0.05, 0.1) is 6.04 Å². The second-order valence-electron chi connectivity index (χ2n) is 4.47. The van der Waals surface area contributed by atoms with Gasteiger partial charge in [0, 0.05) is 22.2 Å². The molecule has 0 saturated carbocycles. The van der Waals surface area contributed by atoms with Crippen LogP contribution in [0.25, 0.3) is 0 Å². The molecule has 0 radical (unpaired) electrons. The smallest absolute Gasteiger partial charge is 0.124 e. The Balaban J connectivity index is 2.06. The summed E-state index contributed by atoms with van der Waals surface area (Å²) in [5.41, 5.74) is 2.21. The van der Waals surface area contributed by atoms with Crippen LogP contribution in [0.3, 0.4) is 0 Å². The van der Waals surface area contributed by atoms with Crippen LogP contribution < -0.4 is 10.1 Å². The lowest BCUT2D eigenvalue weighted by atomic mass is 9.98. The molecule has 2 nitrogen and oxygen atoms in total. The van der Waals surface area contributed by atoms with Crippen LogP contribution in [0.4, 0.5) is 0 Å². The molecule has 0 amide bonds. The number of hydrogen-bond acceptors (Lipinski definition) is 2. The molecule has 98 valence electrons. The van der Waals surface area contributed by atoms with Crippen LogP contribution in [0.15, 0.2) is 42.5 Å². The molecule has 4 heteroatoms. The van der Waals surface area contributed by atoms with Crippen molar-refractivity contribution in [3.05, 3.63) is 63.6 Å². The first kappa shape index (κ1) is 12.8. The van der Waals surface area contributed by atoms with Gasteiger partial charge in [0.1, 0.15) is 12.4 Å². The van der Waals surface area contributed by atoms with Gasteiger partial charge in [-0.2, -0.15) is 0 Å². The van der Waals surface area contributed by atoms with Crippen LogP contribution in [0, 0.1) is 0 Å². The zero-order valence-corrected chi connectivity index (χ0v) is 11.7. The molecule has 19 heavy (non-hydrogen) atoms. The van der Waals surface area contributed by atoms with Crippen LogP contribution in [0.5, 0.6) is 5.75 Å². The average Bonchev–Trinajstić information content (AvgIpc) is 2.62. The fraction of sp³-hybridized carbons (Fsp3) is 0.200. The van der Waals surface area contributed by atoms with Gasteiger partial charge in [0.15, 0.2) is 0 Å². The maximum Gasteiger partial charge on any atom is 0.124 e. The molecule has 1 N–H and O–H groups in total. The van der Waals surface area contributed by atoms with Crippen molar-refractivity contribution in [3.8, 4) is 5.75 Å². The minimum absolute atomic E-state index is 0.0773. The molecule has 1 heterocycles. The van der Waals surface area contributed by atoms with E-state index in [1.165, 1.54) is 0 Å². The van der Waals surface area contributed by atoms with Crippen LogP contribution in [0.1, 0.15) is 17.2 Å². The van der Waals surface area contributed by atoms with Gasteiger partial charge in [-0.15, -0.1) is 0 Å². The highest BCUT2D eigenvalue weighted by Crippen LogP contribution is 2.34. The summed E-state index contributed by atoms with van der Waals surface area (Å²) < 4.78 is 5.73. The second kappa shape index (κ2) is 5.41. The van der Waals surface area contributed by atoms with E-state index in [9.17, 15) is 0 Å². The molecule has 0 bridgehead atoms. The molecule has 3 rings (SSSR count). The van der Waals surface area contributed by atoms with E-state index < -0.39 is 0 Å². The highest BCUT2D eigenvalue weighted by Gasteiger charge is 2.21. The lowest BCUT2D eigenvalue weighted by Gasteiger charge is -2.18. The quantitative estimate of drug-likeness (QED) is 0.856. The van der Waals surface area contributed by atoms with Crippen molar-refractivity contribution in [2.45, 2.75) is 6.04 Å². The zero-order chi connectivity index (χ0) is 13.2. The number of fused-ring (bicyclic) bond motifs is 1. The highest BCUT2D eigenvalue weighted by atomic mass is 35.5. The van der Waals surface area contributed by atoms with Gasteiger partial charge in [0.25, 0.3) is 0 Å². The van der Waals surface area contributed by atoms with Gasteiger partial charge in [-0.3, -0.25) is 0 Å². The maximum atomic E-state index is 6.10. The summed E-state index contributed by atoms with van der Waals surface area (Å²) in [4.78, 5) is 0. The minimum atomic E-state index is 0.0773. The number of nitrogens with one attached hydrogen (secondary N) is 1. The highest BCUT2D eigenvalue weighted by molar-refractivity contribution is 6.31. The van der Waals surface area contributed by atoms with Gasteiger partial charge >= 0.3 is 0 Å². The third-order valence-corrected chi connectivity index (χ3v) is 3.68. The number of hydrogen-bond donors (Lipinski definition) is 1. The Kier molecular flexibility index (Phi) is 3.65. The standard InChI is InChI=1S/C15H13Cl2NO/c16-11-3-1-10(2-4-11)15-13-9-12(17)5-6-14(13)19-8-7-18-15/h1-6,9,15,18H,7-8H2. The van der Waals surface area contributed by atoms with E-state index in [0.29, 0.717) is 11.6 Å². The van der Waals surface area contributed by atoms with Gasteiger partial charge in [0.2, 0.25) is 0 Å². The molecule has 2 aromatic rings. The fourth-order valence-corrected chi connectivity index (χ4v) is 2.61. The molecule has 0 aromatic heterocycles. The van der Waals surface area contributed by atoms with Crippen molar-refractivity contribution >= 4 is 23.2 Å². The zero-order valence-electron chi connectivity index (χ0n) is 10.2. The molecule has 1 atom stereocenters. The van der Waals surface area contributed by atoms with Crippen LogP contribution in [-0.2, 0) is 0 Å². The largest absolute Gasteiger partial charge is 0.492 e. The lowest BCUT2D eigenvalue weighted by molar-refractivity contribution is 0.325. The summed E-state index contributed by atoms with van der Waals surface area (Å²) in [6, 6.07) is 13.6. The Hall–Kier alpha value is -1.22. The molecule has 1 aliphatic heterocycles. The molecule has 1 unspecified atom stereocenters. The van der Waals surface area contributed by atoms with E-state index in [1.807, 2.05) is 42.5 Å². The lowest BCUT2D eigenvalue weighted by Crippen LogP contribution is -2.23. The van der Waals surface area contributed by atoms with Crippen molar-refractivity contribution < 1.29 is 4.74 Å². The molecule has 0 spiro atoms. The third-order valence-electron chi connectivity index (χ3n) is 3.19. The first-order chi connectivity index (χ1) is 9.24. The normalized spacial score (nSPS) is 18.3. The molecular formula is C15H13Cl2NO. The maximum absolute atomic E-state index is 6.10. The molecule has 0 fully saturated rings. The predicted octanol–water partition coefficient (Wildman–Crippen LogP) is 4.06. The van der Waals surface area contributed by atoms with E-state index in [1.54, 1.807) is 0 Å². The Morgan fingerprint density at radius 2 is 1.74 bits per heavy atom. The summed E-state index contributed by atoms with van der Waals surface area (Å²) in [5, 5.41) is 4.92. The molecule has 1 aliphatic rings. The van der Waals surface area contributed by atoms with Crippen molar-refractivity contribution in [2.75, 3.05) is 13.2 Å². The number of ether oxygens (including phenoxy) is 1. The summed E-state index contributed by atoms with van der Waals surface area (Å²) in [6.45, 7) is 1.44. The summed E-state index contributed by atoms with van der Waals surface area (Å²) >= 11 is 12.0. The van der Waals surface area contributed by atoms with Gasteiger partial charge in [-0.05, 0) is 35.9 Å². The van der Waals surface area contributed by atoms with E-state index in [-0.39, 0.29) is 6.04 Å². The minimum Gasteiger partial charge on any atom is -0.492 e. The number of rotatable bonds is 1. The summed E-state index contributed by atoms with van der Waals surface area (Å²) in [5.74, 6) is 0.884. The molecular weight excluding hydrogens is 281 g/mol. The van der Waals surface area contributed by atoms with E-state index in [4.69, 9.17) is 27.9 Å². The van der Waals surface area contributed by atoms with Crippen molar-refractivity contribution in [1.29, 1.82) is 0 Å². The first-order valence-electron chi connectivity index (χ1n) is 6.15. The molecule has 2 aromatic carbocycles. The predicted molar refractivity (Wildman–Crippen MR) is 78.2 cm³/mol. The summed E-state index contributed by atoms with van der Waals surface area (Å²) in [7, 11) is 0. The fourth-order valence-electron chi connectivity index (χ4n) is 2.30. The van der Waals surface area contributed by atoms with Crippen LogP contribution >= 0.6 is 23.2 Å². The third kappa shape index (κ3) is 2.71. The summed E-state index contributed by atoms with van der Waals surface area (Å²) in [6.07, 6.45) is 0. The Morgan fingerprint density at radius 3 is 2.53 bits per heavy atom. The van der Waals surface area contributed by atoms with Crippen LogP contribution in [0.2, 0.25) is 10.0 Å².